The number of allylic oxidation sites excluding steroid dienone is 2. The zero-order valence-corrected chi connectivity index (χ0v) is 17.6. The summed E-state index contributed by atoms with van der Waals surface area (Å²) in [7, 11) is 0. The molecule has 0 saturated heterocycles. The summed E-state index contributed by atoms with van der Waals surface area (Å²) in [5, 5.41) is 25.8. The number of hydrogen-bond donors (Lipinski definition) is 1. The first kappa shape index (κ1) is 21.6. The lowest BCUT2D eigenvalue weighted by Crippen LogP contribution is -2.21. The molecule has 0 amide bonds. The number of benzene rings is 2. The summed E-state index contributed by atoms with van der Waals surface area (Å²) < 4.78 is 2.54. The average molecular weight is 418 g/mol. The van der Waals surface area contributed by atoms with E-state index in [1.807, 2.05) is 31.2 Å². The maximum absolute atomic E-state index is 12.7. The van der Waals surface area contributed by atoms with Crippen molar-refractivity contribution in [2.75, 3.05) is 0 Å². The first-order valence-corrected chi connectivity index (χ1v) is 9.49. The van der Waals surface area contributed by atoms with Crippen LogP contribution in [0.15, 0.2) is 80.1 Å². The Labute approximate surface area is 178 Å². The van der Waals surface area contributed by atoms with E-state index in [9.17, 15) is 14.7 Å². The zero-order valence-electron chi connectivity index (χ0n) is 17.6. The van der Waals surface area contributed by atoms with E-state index in [0.29, 0.717) is 17.2 Å². The molecule has 1 N–H and O–H groups in total. The third kappa shape index (κ3) is 5.08. The fraction of sp³-hybridized carbons (Fsp3) is 0.182. The van der Waals surface area contributed by atoms with E-state index in [2.05, 4.69) is 20.4 Å². The Morgan fingerprint density at radius 3 is 2.42 bits per heavy atom. The van der Waals surface area contributed by atoms with Gasteiger partial charge in [-0.05, 0) is 56.2 Å². The van der Waals surface area contributed by atoms with Crippen LogP contribution in [0.1, 0.15) is 30.8 Å². The molecule has 3 aromatic rings. The number of nitrogens with zero attached hydrogens (tertiary/aromatic N) is 6. The summed E-state index contributed by atoms with van der Waals surface area (Å²) in [6.45, 7) is 6.33. The van der Waals surface area contributed by atoms with Gasteiger partial charge in [0.05, 0.1) is 17.6 Å². The fourth-order valence-corrected chi connectivity index (χ4v) is 2.78. The van der Waals surface area contributed by atoms with Crippen molar-refractivity contribution in [2.24, 2.45) is 15.3 Å². The molecule has 0 atom stereocenters. The van der Waals surface area contributed by atoms with Crippen molar-refractivity contribution >= 4 is 17.7 Å². The summed E-state index contributed by atoms with van der Waals surface area (Å²) in [6, 6.07) is 14.3. The van der Waals surface area contributed by atoms with Crippen LogP contribution >= 0.6 is 0 Å². The molecule has 0 aliphatic carbocycles. The zero-order chi connectivity index (χ0) is 22.5. The monoisotopic (exact) mass is 418 g/mol. The molecular formula is C22H22N6O3. The predicted molar refractivity (Wildman–Crippen MR) is 117 cm³/mol. The van der Waals surface area contributed by atoms with E-state index >= 15 is 0 Å². The highest BCUT2D eigenvalue weighted by molar-refractivity contribution is 5.93. The molecule has 0 radical (unpaired) electrons. The van der Waals surface area contributed by atoms with Crippen molar-refractivity contribution in [1.82, 2.24) is 14.5 Å². The maximum Gasteiger partial charge on any atom is 0.371 e. The van der Waals surface area contributed by atoms with Gasteiger partial charge in [0, 0.05) is 6.92 Å². The van der Waals surface area contributed by atoms with Crippen molar-refractivity contribution in [2.45, 2.75) is 27.7 Å². The summed E-state index contributed by atoms with van der Waals surface area (Å²) in [5.41, 5.74) is 2.47. The summed E-state index contributed by atoms with van der Waals surface area (Å²) in [5.74, 6) is -0.109. The van der Waals surface area contributed by atoms with Gasteiger partial charge in [-0.15, -0.1) is 10.2 Å². The highest BCUT2D eigenvalue weighted by Gasteiger charge is 2.11. The van der Waals surface area contributed by atoms with Crippen molar-refractivity contribution < 1.29 is 9.90 Å². The van der Waals surface area contributed by atoms with Gasteiger partial charge >= 0.3 is 5.69 Å². The second kappa shape index (κ2) is 9.12. The number of ketones is 1. The molecule has 9 heteroatoms. The van der Waals surface area contributed by atoms with Crippen LogP contribution in [0.25, 0.3) is 5.69 Å². The molecule has 0 bridgehead atoms. The Kier molecular flexibility index (Phi) is 6.35. The Bertz CT molecular complexity index is 1260. The van der Waals surface area contributed by atoms with Crippen LogP contribution in [-0.4, -0.2) is 31.6 Å². The third-order valence-electron chi connectivity index (χ3n) is 4.32. The molecule has 2 aromatic carbocycles. The number of Topliss-reactive ketones (excluding diaryl/α,β-unsaturated/α-hetero) is 1. The minimum atomic E-state index is -0.375. The number of aliphatic hydroxyl groups excluding tert-OH is 1. The molecule has 0 saturated carbocycles. The minimum absolute atomic E-state index is 0.0916. The number of aromatic nitrogens is 3. The van der Waals surface area contributed by atoms with Crippen LogP contribution in [0.4, 0.5) is 5.69 Å². The fourth-order valence-electron chi connectivity index (χ4n) is 2.78. The Morgan fingerprint density at radius 1 is 1.10 bits per heavy atom. The van der Waals surface area contributed by atoms with Gasteiger partial charge in [-0.1, -0.05) is 24.3 Å². The summed E-state index contributed by atoms with van der Waals surface area (Å²) >= 11 is 0. The van der Waals surface area contributed by atoms with E-state index in [1.165, 1.54) is 29.4 Å². The number of hydrogen-bond acceptors (Lipinski definition) is 7. The number of aliphatic hydroxyl groups is 1. The molecule has 0 aliphatic rings. The van der Waals surface area contributed by atoms with E-state index in [4.69, 9.17) is 0 Å². The Hall–Kier alpha value is -4.14. The number of carbonyl (C=O) groups is 1. The summed E-state index contributed by atoms with van der Waals surface area (Å²) in [6.07, 6.45) is 1.54. The largest absolute Gasteiger partial charge is 0.510 e. The van der Waals surface area contributed by atoms with Gasteiger partial charge in [-0.25, -0.2) is 4.79 Å². The molecule has 0 spiro atoms. The smallest absolute Gasteiger partial charge is 0.371 e. The average Bonchev–Trinajstić information content (AvgIpc) is 3.00. The highest BCUT2D eigenvalue weighted by Crippen LogP contribution is 2.16. The second-order valence-electron chi connectivity index (χ2n) is 6.92. The molecule has 1 heterocycles. The van der Waals surface area contributed by atoms with Crippen molar-refractivity contribution in [1.29, 1.82) is 0 Å². The molecule has 3 rings (SSSR count). The molecule has 158 valence electrons. The van der Waals surface area contributed by atoms with Gasteiger partial charge in [0.15, 0.2) is 17.3 Å². The standard InChI is InChI=1S/C22H22N6O3/c1-14-6-5-7-20(12-14)28-22(31)27(17(4)26-28)23-13-18-8-10-19(11-9-18)24-25-21(15(2)29)16(3)30/h5-13,29H,1-4H3/b21-15+,23-13+,25-24?. The molecule has 0 unspecified atom stereocenters. The second-order valence-corrected chi connectivity index (χ2v) is 6.92. The number of rotatable bonds is 6. The molecule has 0 aliphatic heterocycles. The van der Waals surface area contributed by atoms with Crippen LogP contribution in [0.2, 0.25) is 0 Å². The Morgan fingerprint density at radius 2 is 1.81 bits per heavy atom. The maximum atomic E-state index is 12.7. The normalized spacial score (nSPS) is 12.5. The van der Waals surface area contributed by atoms with Crippen LogP contribution < -0.4 is 5.69 Å². The summed E-state index contributed by atoms with van der Waals surface area (Å²) in [4.78, 5) is 24.1. The number of azo groups is 1. The number of aryl methyl sites for hydroxylation is 2. The van der Waals surface area contributed by atoms with Gasteiger partial charge in [0.1, 0.15) is 5.76 Å². The molecule has 1 aromatic heterocycles. The minimum Gasteiger partial charge on any atom is -0.510 e. The molecular weight excluding hydrogens is 396 g/mol. The topological polar surface area (TPSA) is 114 Å². The van der Waals surface area contributed by atoms with E-state index in [-0.39, 0.29) is 22.9 Å². The van der Waals surface area contributed by atoms with Crippen molar-refractivity contribution in [3.63, 3.8) is 0 Å². The van der Waals surface area contributed by atoms with Gasteiger partial charge < -0.3 is 5.11 Å². The SMILES string of the molecule is CC(=O)/C(N=Nc1ccc(/C=N/n2c(C)nn(-c3cccc(C)c3)c2=O)cc1)=C(/C)O. The predicted octanol–water partition coefficient (Wildman–Crippen LogP) is 4.00. The van der Waals surface area contributed by atoms with Gasteiger partial charge in [-0.3, -0.25) is 4.79 Å². The van der Waals surface area contributed by atoms with Crippen LogP contribution in [0.5, 0.6) is 0 Å². The van der Waals surface area contributed by atoms with Crippen LogP contribution in [0.3, 0.4) is 0 Å². The van der Waals surface area contributed by atoms with E-state index in [1.54, 1.807) is 31.2 Å². The lowest BCUT2D eigenvalue weighted by atomic mass is 10.2. The molecule has 9 nitrogen and oxygen atoms in total. The lowest BCUT2D eigenvalue weighted by Gasteiger charge is -1.99. The van der Waals surface area contributed by atoms with Crippen LogP contribution in [-0.2, 0) is 4.79 Å². The first-order valence-electron chi connectivity index (χ1n) is 9.49. The molecule has 0 fully saturated rings. The highest BCUT2D eigenvalue weighted by atomic mass is 16.3. The van der Waals surface area contributed by atoms with Gasteiger partial charge in [0.25, 0.3) is 0 Å². The van der Waals surface area contributed by atoms with E-state index in [0.717, 1.165) is 11.1 Å². The van der Waals surface area contributed by atoms with Crippen molar-refractivity contribution in [3.05, 3.63) is 87.4 Å². The van der Waals surface area contributed by atoms with E-state index < -0.39 is 0 Å². The third-order valence-corrected chi connectivity index (χ3v) is 4.32. The van der Waals surface area contributed by atoms with Crippen molar-refractivity contribution in [3.8, 4) is 5.69 Å². The first-order chi connectivity index (χ1) is 14.8. The Balaban J connectivity index is 1.81. The van der Waals surface area contributed by atoms with Gasteiger partial charge in [-0.2, -0.15) is 19.6 Å². The van der Waals surface area contributed by atoms with Gasteiger partial charge in [0.2, 0.25) is 0 Å². The molecule has 31 heavy (non-hydrogen) atoms. The van der Waals surface area contributed by atoms with Crippen LogP contribution in [0, 0.1) is 13.8 Å². The lowest BCUT2D eigenvalue weighted by molar-refractivity contribution is -0.113. The quantitative estimate of drug-likeness (QED) is 0.282. The number of carbonyl (C=O) groups excluding carboxylic acids is 1.